The first-order valence-electron chi connectivity index (χ1n) is 9.15. The van der Waals surface area contributed by atoms with Crippen LogP contribution in [0.5, 0.6) is 11.5 Å². The third-order valence-corrected chi connectivity index (χ3v) is 4.70. The Morgan fingerprint density at radius 2 is 1.80 bits per heavy atom. The molecule has 1 atom stereocenters. The van der Waals surface area contributed by atoms with E-state index in [1.807, 2.05) is 12.1 Å². The highest BCUT2D eigenvalue weighted by Crippen LogP contribution is 2.38. The van der Waals surface area contributed by atoms with Gasteiger partial charge in [-0.1, -0.05) is 30.2 Å². The summed E-state index contributed by atoms with van der Waals surface area (Å²) in [6.07, 6.45) is 9.13. The number of hydrogen-bond donors (Lipinski definition) is 0. The largest absolute Gasteiger partial charge is 0.461 e. The molecule has 0 bridgehead atoms. The van der Waals surface area contributed by atoms with Crippen LogP contribution in [0.2, 0.25) is 0 Å². The smallest absolute Gasteiger partial charge is 0.231 e. The maximum Gasteiger partial charge on any atom is 0.231 e. The van der Waals surface area contributed by atoms with E-state index in [1.165, 1.54) is 11.1 Å². The van der Waals surface area contributed by atoms with E-state index in [2.05, 4.69) is 45.9 Å². The second kappa shape index (κ2) is 7.81. The first-order valence-corrected chi connectivity index (χ1v) is 9.15. The highest BCUT2D eigenvalue weighted by Gasteiger charge is 2.18. The highest BCUT2D eigenvalue weighted by molar-refractivity contribution is 5.82. The molecule has 0 spiro atoms. The molecule has 1 aromatic carbocycles. The third-order valence-electron chi connectivity index (χ3n) is 4.70. The molecule has 3 nitrogen and oxygen atoms in total. The molecule has 1 aliphatic rings. The lowest BCUT2D eigenvalue weighted by Crippen LogP contribution is -1.93. The van der Waals surface area contributed by atoms with Crippen LogP contribution in [0.3, 0.4) is 0 Å². The minimum atomic E-state index is 0.296. The fourth-order valence-corrected chi connectivity index (χ4v) is 3.11. The standard InChI is InChI=1S/C22H28O3/c1-15(2)7-5-8-16(3)9-6-10-17(4)19-11-18-12-21-22(24-14-23-21)13-20(18)25-19/h7,9,11-13,17H,5-6,8,10,14H2,1-4H3/b16-9+. The molecule has 0 saturated carbocycles. The monoisotopic (exact) mass is 340 g/mol. The van der Waals surface area contributed by atoms with Gasteiger partial charge in [-0.3, -0.25) is 0 Å². The van der Waals surface area contributed by atoms with Gasteiger partial charge in [0.1, 0.15) is 11.3 Å². The molecule has 0 radical (unpaired) electrons. The molecule has 3 rings (SSSR count). The SMILES string of the molecule is CC(C)=CCC/C(C)=C/CCC(C)c1cc2cc3c(cc2o1)OCO3. The van der Waals surface area contributed by atoms with E-state index in [9.17, 15) is 0 Å². The van der Waals surface area contributed by atoms with Crippen LogP contribution >= 0.6 is 0 Å². The number of furan rings is 1. The Balaban J connectivity index is 1.57. The van der Waals surface area contributed by atoms with Crippen LogP contribution in [0.15, 0.2) is 45.9 Å². The van der Waals surface area contributed by atoms with Crippen molar-refractivity contribution in [2.24, 2.45) is 0 Å². The molecule has 134 valence electrons. The molecular weight excluding hydrogens is 312 g/mol. The van der Waals surface area contributed by atoms with E-state index in [4.69, 9.17) is 13.9 Å². The summed E-state index contributed by atoms with van der Waals surface area (Å²) in [5.74, 6) is 3.01. The summed E-state index contributed by atoms with van der Waals surface area (Å²) in [6.45, 7) is 9.06. The lowest BCUT2D eigenvalue weighted by Gasteiger charge is -2.06. The van der Waals surface area contributed by atoms with Crippen LogP contribution in [-0.4, -0.2) is 6.79 Å². The number of fused-ring (bicyclic) bond motifs is 2. The van der Waals surface area contributed by atoms with Crippen molar-refractivity contribution >= 4 is 11.0 Å². The summed E-state index contributed by atoms with van der Waals surface area (Å²) >= 11 is 0. The zero-order chi connectivity index (χ0) is 17.8. The average molecular weight is 340 g/mol. The van der Waals surface area contributed by atoms with Gasteiger partial charge >= 0.3 is 0 Å². The van der Waals surface area contributed by atoms with Gasteiger partial charge in [-0.25, -0.2) is 0 Å². The predicted octanol–water partition coefficient (Wildman–Crippen LogP) is 6.74. The lowest BCUT2D eigenvalue weighted by molar-refractivity contribution is 0.174. The molecule has 1 aliphatic heterocycles. The van der Waals surface area contributed by atoms with Crippen molar-refractivity contribution in [3.05, 3.63) is 47.3 Å². The van der Waals surface area contributed by atoms with Crippen molar-refractivity contribution < 1.29 is 13.9 Å². The van der Waals surface area contributed by atoms with Crippen molar-refractivity contribution in [1.29, 1.82) is 0 Å². The van der Waals surface area contributed by atoms with E-state index in [-0.39, 0.29) is 0 Å². The Hall–Kier alpha value is -2.16. The van der Waals surface area contributed by atoms with Gasteiger partial charge < -0.3 is 13.9 Å². The fraction of sp³-hybridized carbons (Fsp3) is 0.455. The van der Waals surface area contributed by atoms with E-state index >= 15 is 0 Å². The van der Waals surface area contributed by atoms with Crippen LogP contribution in [0.25, 0.3) is 11.0 Å². The molecule has 2 heterocycles. The molecular formula is C22H28O3. The molecule has 25 heavy (non-hydrogen) atoms. The number of allylic oxidation sites excluding steroid dienone is 4. The topological polar surface area (TPSA) is 31.6 Å². The Labute approximate surface area is 150 Å². The van der Waals surface area contributed by atoms with E-state index in [1.54, 1.807) is 0 Å². The normalized spacial score (nSPS) is 14.8. The highest BCUT2D eigenvalue weighted by atomic mass is 16.7. The Morgan fingerprint density at radius 3 is 2.56 bits per heavy atom. The Morgan fingerprint density at radius 1 is 1.04 bits per heavy atom. The van der Waals surface area contributed by atoms with Crippen molar-refractivity contribution in [1.82, 2.24) is 0 Å². The van der Waals surface area contributed by atoms with Crippen LogP contribution in [0, 0.1) is 0 Å². The molecule has 0 fully saturated rings. The average Bonchev–Trinajstić information content (AvgIpc) is 3.17. The second-order valence-electron chi connectivity index (χ2n) is 7.24. The Bertz CT molecular complexity index is 750. The predicted molar refractivity (Wildman–Crippen MR) is 102 cm³/mol. The quantitative estimate of drug-likeness (QED) is 0.523. The maximum absolute atomic E-state index is 6.04. The summed E-state index contributed by atoms with van der Waals surface area (Å²) in [7, 11) is 0. The maximum atomic E-state index is 6.04. The molecule has 0 aliphatic carbocycles. The number of benzene rings is 1. The first kappa shape index (κ1) is 17.7. The summed E-state index contributed by atoms with van der Waals surface area (Å²) in [4.78, 5) is 0. The lowest BCUT2D eigenvalue weighted by atomic mass is 10.0. The van der Waals surface area contributed by atoms with Crippen LogP contribution in [-0.2, 0) is 0 Å². The van der Waals surface area contributed by atoms with Crippen molar-refractivity contribution in [2.45, 2.75) is 59.3 Å². The van der Waals surface area contributed by atoms with Crippen LogP contribution < -0.4 is 9.47 Å². The zero-order valence-electron chi connectivity index (χ0n) is 15.7. The summed E-state index contributed by atoms with van der Waals surface area (Å²) in [6, 6.07) is 6.07. The van der Waals surface area contributed by atoms with Gasteiger partial charge in [0, 0.05) is 17.4 Å². The van der Waals surface area contributed by atoms with E-state index < -0.39 is 0 Å². The number of ether oxygens (including phenoxy) is 2. The van der Waals surface area contributed by atoms with Gasteiger partial charge in [0.25, 0.3) is 0 Å². The number of rotatable bonds is 7. The van der Waals surface area contributed by atoms with Gasteiger partial charge in [-0.05, 0) is 58.6 Å². The third kappa shape index (κ3) is 4.47. The van der Waals surface area contributed by atoms with Gasteiger partial charge in [0.2, 0.25) is 6.79 Å². The van der Waals surface area contributed by atoms with Gasteiger partial charge in [-0.15, -0.1) is 0 Å². The van der Waals surface area contributed by atoms with Gasteiger partial charge in [-0.2, -0.15) is 0 Å². The molecule has 1 aromatic heterocycles. The molecule has 1 unspecified atom stereocenters. The zero-order valence-corrected chi connectivity index (χ0v) is 15.7. The molecule has 0 N–H and O–H groups in total. The van der Waals surface area contributed by atoms with E-state index in [0.717, 1.165) is 53.9 Å². The molecule has 3 heteroatoms. The van der Waals surface area contributed by atoms with Crippen molar-refractivity contribution in [3.8, 4) is 11.5 Å². The second-order valence-corrected chi connectivity index (χ2v) is 7.24. The van der Waals surface area contributed by atoms with Crippen molar-refractivity contribution in [2.75, 3.05) is 6.79 Å². The molecule has 0 amide bonds. The van der Waals surface area contributed by atoms with E-state index in [0.29, 0.717) is 12.7 Å². The summed E-state index contributed by atoms with van der Waals surface area (Å²) < 4.78 is 16.9. The van der Waals surface area contributed by atoms with Crippen LogP contribution in [0.1, 0.15) is 65.1 Å². The van der Waals surface area contributed by atoms with Gasteiger partial charge in [0.15, 0.2) is 11.5 Å². The fourth-order valence-electron chi connectivity index (χ4n) is 3.11. The Kier molecular flexibility index (Phi) is 5.52. The number of hydrogen-bond acceptors (Lipinski definition) is 3. The summed E-state index contributed by atoms with van der Waals surface area (Å²) in [5, 5.41) is 1.08. The summed E-state index contributed by atoms with van der Waals surface area (Å²) in [5.41, 5.74) is 3.74. The molecule has 0 saturated heterocycles. The molecule has 2 aromatic rings. The first-order chi connectivity index (χ1) is 12.0. The van der Waals surface area contributed by atoms with Crippen molar-refractivity contribution in [3.63, 3.8) is 0 Å². The van der Waals surface area contributed by atoms with Crippen LogP contribution in [0.4, 0.5) is 0 Å². The van der Waals surface area contributed by atoms with Gasteiger partial charge in [0.05, 0.1) is 0 Å². The minimum Gasteiger partial charge on any atom is -0.461 e. The minimum absolute atomic E-state index is 0.296.